The SMILES string of the molecule is CNC(=O)OC(C1=C(Cl)CCC=C1)C(C)O. The second kappa shape index (κ2) is 5.92. The van der Waals surface area contributed by atoms with Crippen LogP contribution in [0.5, 0.6) is 0 Å². The van der Waals surface area contributed by atoms with Crippen LogP contribution in [-0.2, 0) is 4.74 Å². The van der Waals surface area contributed by atoms with Crippen molar-refractivity contribution < 1.29 is 14.6 Å². The molecular formula is C11H16ClNO3. The number of ether oxygens (including phenoxy) is 1. The Balaban J connectivity index is 2.85. The lowest BCUT2D eigenvalue weighted by Gasteiger charge is -2.24. The van der Waals surface area contributed by atoms with Crippen molar-refractivity contribution in [2.24, 2.45) is 0 Å². The van der Waals surface area contributed by atoms with Crippen LogP contribution in [0.15, 0.2) is 22.8 Å². The summed E-state index contributed by atoms with van der Waals surface area (Å²) in [5, 5.41) is 12.6. The van der Waals surface area contributed by atoms with Gasteiger partial charge < -0.3 is 15.2 Å². The van der Waals surface area contributed by atoms with Crippen molar-refractivity contribution in [2.75, 3.05) is 7.05 Å². The molecule has 0 aromatic carbocycles. The Morgan fingerprint density at radius 3 is 2.88 bits per heavy atom. The van der Waals surface area contributed by atoms with Gasteiger partial charge in [0.05, 0.1) is 6.10 Å². The van der Waals surface area contributed by atoms with Gasteiger partial charge in [-0.05, 0) is 19.8 Å². The molecule has 4 nitrogen and oxygen atoms in total. The van der Waals surface area contributed by atoms with Crippen molar-refractivity contribution in [3.8, 4) is 0 Å². The first kappa shape index (κ1) is 13.1. The maximum absolute atomic E-state index is 11.1. The number of carbonyl (C=O) groups excluding carboxylic acids is 1. The number of hydrogen-bond acceptors (Lipinski definition) is 3. The van der Waals surface area contributed by atoms with E-state index in [-0.39, 0.29) is 0 Å². The summed E-state index contributed by atoms with van der Waals surface area (Å²) >= 11 is 6.05. The van der Waals surface area contributed by atoms with Crippen molar-refractivity contribution in [1.82, 2.24) is 5.32 Å². The Bertz CT molecular complexity index is 323. The Hall–Kier alpha value is -1.00. The molecule has 0 heterocycles. The molecule has 2 N–H and O–H groups in total. The van der Waals surface area contributed by atoms with Crippen LogP contribution >= 0.6 is 11.6 Å². The highest BCUT2D eigenvalue weighted by Crippen LogP contribution is 2.27. The van der Waals surface area contributed by atoms with E-state index in [0.717, 1.165) is 6.42 Å². The zero-order valence-corrected chi connectivity index (χ0v) is 10.1. The molecule has 1 aliphatic carbocycles. The summed E-state index contributed by atoms with van der Waals surface area (Å²) < 4.78 is 5.08. The first-order valence-electron chi connectivity index (χ1n) is 5.17. The van der Waals surface area contributed by atoms with Gasteiger partial charge in [0.15, 0.2) is 6.10 Å². The second-order valence-corrected chi connectivity index (χ2v) is 4.07. The van der Waals surface area contributed by atoms with Crippen molar-refractivity contribution in [3.05, 3.63) is 22.8 Å². The number of aliphatic hydroxyl groups is 1. The quantitative estimate of drug-likeness (QED) is 0.799. The van der Waals surface area contributed by atoms with E-state index in [4.69, 9.17) is 16.3 Å². The number of hydrogen-bond donors (Lipinski definition) is 2. The van der Waals surface area contributed by atoms with Gasteiger partial charge in [-0.25, -0.2) is 4.79 Å². The standard InChI is InChI=1S/C11H16ClNO3/c1-7(14)10(16-11(15)13-2)8-5-3-4-6-9(8)12/h3,5,7,10,14H,4,6H2,1-2H3,(H,13,15). The number of amides is 1. The Morgan fingerprint density at radius 2 is 2.38 bits per heavy atom. The van der Waals surface area contributed by atoms with Gasteiger partial charge in [0.25, 0.3) is 0 Å². The molecule has 16 heavy (non-hydrogen) atoms. The number of nitrogens with one attached hydrogen (secondary N) is 1. The zero-order valence-electron chi connectivity index (χ0n) is 9.37. The predicted molar refractivity (Wildman–Crippen MR) is 62.3 cm³/mol. The van der Waals surface area contributed by atoms with E-state index in [1.807, 2.05) is 6.08 Å². The second-order valence-electron chi connectivity index (χ2n) is 3.62. The van der Waals surface area contributed by atoms with Crippen LogP contribution < -0.4 is 5.32 Å². The molecule has 0 fully saturated rings. The average molecular weight is 246 g/mol. The van der Waals surface area contributed by atoms with Gasteiger partial charge >= 0.3 is 6.09 Å². The van der Waals surface area contributed by atoms with Crippen LogP contribution in [0, 0.1) is 0 Å². The Labute approximate surface area is 99.9 Å². The Kier molecular flexibility index (Phi) is 4.83. The highest BCUT2D eigenvalue weighted by Gasteiger charge is 2.25. The lowest BCUT2D eigenvalue weighted by molar-refractivity contribution is 0.0339. The van der Waals surface area contributed by atoms with Crippen molar-refractivity contribution >= 4 is 17.7 Å². The molecule has 2 atom stereocenters. The van der Waals surface area contributed by atoms with Crippen molar-refractivity contribution in [3.63, 3.8) is 0 Å². The molecule has 0 aliphatic heterocycles. The third kappa shape index (κ3) is 3.25. The van der Waals surface area contributed by atoms with Gasteiger partial charge in [-0.2, -0.15) is 0 Å². The fraction of sp³-hybridized carbons (Fsp3) is 0.545. The van der Waals surface area contributed by atoms with E-state index < -0.39 is 18.3 Å². The molecule has 90 valence electrons. The summed E-state index contributed by atoms with van der Waals surface area (Å²) in [6, 6.07) is 0. The molecule has 0 radical (unpaired) electrons. The fourth-order valence-electron chi connectivity index (χ4n) is 1.50. The smallest absolute Gasteiger partial charge is 0.407 e. The van der Waals surface area contributed by atoms with Gasteiger partial charge in [-0.15, -0.1) is 0 Å². The fourth-order valence-corrected chi connectivity index (χ4v) is 1.78. The van der Waals surface area contributed by atoms with Crippen LogP contribution in [0.25, 0.3) is 0 Å². The van der Waals surface area contributed by atoms with E-state index in [1.54, 1.807) is 13.0 Å². The molecule has 1 aliphatic rings. The number of halogens is 1. The highest BCUT2D eigenvalue weighted by atomic mass is 35.5. The molecule has 0 aromatic heterocycles. The van der Waals surface area contributed by atoms with Gasteiger partial charge in [0.2, 0.25) is 0 Å². The minimum absolute atomic E-state index is 0.582. The van der Waals surface area contributed by atoms with Crippen LogP contribution in [0.2, 0.25) is 0 Å². The Morgan fingerprint density at radius 1 is 1.69 bits per heavy atom. The van der Waals surface area contributed by atoms with E-state index in [9.17, 15) is 9.90 Å². The normalized spacial score (nSPS) is 19.2. The first-order valence-corrected chi connectivity index (χ1v) is 5.55. The molecule has 0 saturated carbocycles. The zero-order chi connectivity index (χ0) is 12.1. The van der Waals surface area contributed by atoms with Gasteiger partial charge in [0.1, 0.15) is 0 Å². The molecule has 1 amide bonds. The number of aliphatic hydroxyl groups excluding tert-OH is 1. The lowest BCUT2D eigenvalue weighted by atomic mass is 9.99. The number of rotatable bonds is 3. The minimum Gasteiger partial charge on any atom is -0.439 e. The first-order chi connectivity index (χ1) is 7.56. The summed E-state index contributed by atoms with van der Waals surface area (Å²) in [7, 11) is 1.47. The summed E-state index contributed by atoms with van der Waals surface area (Å²) in [5.74, 6) is 0. The van der Waals surface area contributed by atoms with E-state index in [1.165, 1.54) is 7.05 Å². The predicted octanol–water partition coefficient (Wildman–Crippen LogP) is 1.93. The molecule has 0 aromatic rings. The van der Waals surface area contributed by atoms with Crippen LogP contribution in [-0.4, -0.2) is 30.5 Å². The maximum atomic E-state index is 11.1. The topological polar surface area (TPSA) is 58.6 Å². The van der Waals surface area contributed by atoms with Crippen molar-refractivity contribution in [2.45, 2.75) is 32.0 Å². The van der Waals surface area contributed by atoms with Crippen LogP contribution in [0.3, 0.4) is 0 Å². The summed E-state index contributed by atoms with van der Waals surface area (Å²) in [6.07, 6.45) is 3.23. The summed E-state index contributed by atoms with van der Waals surface area (Å²) in [4.78, 5) is 11.1. The maximum Gasteiger partial charge on any atom is 0.407 e. The molecule has 0 spiro atoms. The number of alkyl carbamates (subject to hydrolysis) is 1. The molecule has 0 saturated heterocycles. The molecule has 0 bridgehead atoms. The average Bonchev–Trinajstić information content (AvgIpc) is 2.26. The third-order valence-electron chi connectivity index (χ3n) is 2.32. The molecule has 2 unspecified atom stereocenters. The molecule has 5 heteroatoms. The minimum atomic E-state index is -0.802. The van der Waals surface area contributed by atoms with Crippen LogP contribution in [0.4, 0.5) is 4.79 Å². The van der Waals surface area contributed by atoms with Crippen LogP contribution in [0.1, 0.15) is 19.8 Å². The van der Waals surface area contributed by atoms with E-state index in [0.29, 0.717) is 17.0 Å². The van der Waals surface area contributed by atoms with Gasteiger partial charge in [-0.1, -0.05) is 23.8 Å². The highest BCUT2D eigenvalue weighted by molar-refractivity contribution is 6.30. The van der Waals surface area contributed by atoms with Crippen molar-refractivity contribution in [1.29, 1.82) is 0 Å². The monoisotopic (exact) mass is 245 g/mol. The van der Waals surface area contributed by atoms with Gasteiger partial charge in [0, 0.05) is 17.7 Å². The lowest BCUT2D eigenvalue weighted by Crippen LogP contribution is -2.34. The molecular weight excluding hydrogens is 230 g/mol. The number of carbonyl (C=O) groups is 1. The number of allylic oxidation sites excluding steroid dienone is 2. The van der Waals surface area contributed by atoms with E-state index >= 15 is 0 Å². The van der Waals surface area contributed by atoms with Gasteiger partial charge in [-0.3, -0.25) is 0 Å². The molecule has 1 rings (SSSR count). The third-order valence-corrected chi connectivity index (χ3v) is 2.73. The van der Waals surface area contributed by atoms with E-state index in [2.05, 4.69) is 5.32 Å². The summed E-state index contributed by atoms with van der Waals surface area (Å²) in [5.41, 5.74) is 0.673. The largest absolute Gasteiger partial charge is 0.439 e. The summed E-state index contributed by atoms with van der Waals surface area (Å²) in [6.45, 7) is 1.56.